The van der Waals surface area contributed by atoms with Crippen LogP contribution >= 0.6 is 0 Å². The first-order valence-corrected chi connectivity index (χ1v) is 7.83. The van der Waals surface area contributed by atoms with Gasteiger partial charge in [0.25, 0.3) is 0 Å². The Morgan fingerprint density at radius 3 is 2.78 bits per heavy atom. The molecule has 2 aromatic rings. The summed E-state index contributed by atoms with van der Waals surface area (Å²) < 4.78 is 0. The number of carbonyl (C=O) groups excluding carboxylic acids is 1. The number of hydrogen-bond donors (Lipinski definition) is 2. The minimum Gasteiger partial charge on any atom is -0.368 e. The molecule has 0 saturated carbocycles. The molecule has 3 rings (SSSR count). The first-order chi connectivity index (χ1) is 11.1. The minimum absolute atomic E-state index is 0.0390. The lowest BCUT2D eigenvalue weighted by Gasteiger charge is -2.34. The van der Waals surface area contributed by atoms with Gasteiger partial charge in [-0.25, -0.2) is 9.97 Å². The van der Waals surface area contributed by atoms with Crippen LogP contribution in [0.15, 0.2) is 42.6 Å². The Bertz CT molecular complexity index is 676. The van der Waals surface area contributed by atoms with Gasteiger partial charge in [0, 0.05) is 25.2 Å². The zero-order valence-electron chi connectivity index (χ0n) is 12.9. The van der Waals surface area contributed by atoms with Crippen LogP contribution in [0.3, 0.4) is 0 Å². The number of nitrogen functional groups attached to an aromatic ring is 1. The van der Waals surface area contributed by atoms with Gasteiger partial charge in [0.2, 0.25) is 11.9 Å². The molecule has 120 valence electrons. The monoisotopic (exact) mass is 311 g/mol. The maximum absolute atomic E-state index is 12.7. The van der Waals surface area contributed by atoms with Gasteiger partial charge >= 0.3 is 0 Å². The number of amides is 1. The summed E-state index contributed by atoms with van der Waals surface area (Å²) in [5.41, 5.74) is 13.5. The van der Waals surface area contributed by atoms with E-state index in [1.54, 1.807) is 6.20 Å². The molecular formula is C17H21N5O. The predicted molar refractivity (Wildman–Crippen MR) is 88.4 cm³/mol. The molecule has 1 aliphatic heterocycles. The molecule has 0 radical (unpaired) electrons. The summed E-state index contributed by atoms with van der Waals surface area (Å²) in [6.45, 7) is 1.35. The normalized spacial score (nSPS) is 19.3. The van der Waals surface area contributed by atoms with Gasteiger partial charge in [-0.2, -0.15) is 0 Å². The number of rotatable bonds is 3. The molecule has 2 atom stereocenters. The highest BCUT2D eigenvalue weighted by Gasteiger charge is 2.29. The number of aromatic nitrogens is 2. The van der Waals surface area contributed by atoms with E-state index < -0.39 is 6.04 Å². The van der Waals surface area contributed by atoms with Crippen LogP contribution in [-0.4, -0.2) is 33.9 Å². The fraction of sp³-hybridized carbons (Fsp3) is 0.353. The van der Waals surface area contributed by atoms with E-state index in [-0.39, 0.29) is 17.8 Å². The SMILES string of the molecule is Nc1nccc([C@H]2CCCN(C(=O)[C@@H](N)c3ccccc3)C2)n1. The summed E-state index contributed by atoms with van der Waals surface area (Å²) in [7, 11) is 0. The second-order valence-electron chi connectivity index (χ2n) is 5.85. The fourth-order valence-corrected chi connectivity index (χ4v) is 3.03. The number of benzene rings is 1. The van der Waals surface area contributed by atoms with Gasteiger partial charge in [-0.1, -0.05) is 30.3 Å². The highest BCUT2D eigenvalue weighted by molar-refractivity contribution is 5.83. The number of anilines is 1. The molecule has 6 heteroatoms. The van der Waals surface area contributed by atoms with Crippen molar-refractivity contribution >= 4 is 11.9 Å². The van der Waals surface area contributed by atoms with Gasteiger partial charge in [0.15, 0.2) is 0 Å². The molecule has 1 saturated heterocycles. The Morgan fingerprint density at radius 1 is 1.26 bits per heavy atom. The zero-order valence-corrected chi connectivity index (χ0v) is 12.9. The second-order valence-corrected chi connectivity index (χ2v) is 5.85. The molecule has 0 bridgehead atoms. The lowest BCUT2D eigenvalue weighted by Crippen LogP contribution is -2.44. The fourth-order valence-electron chi connectivity index (χ4n) is 3.03. The number of carbonyl (C=O) groups is 1. The number of hydrogen-bond acceptors (Lipinski definition) is 5. The largest absolute Gasteiger partial charge is 0.368 e. The topological polar surface area (TPSA) is 98.1 Å². The zero-order chi connectivity index (χ0) is 16.2. The van der Waals surface area contributed by atoms with Crippen molar-refractivity contribution in [3.05, 3.63) is 53.9 Å². The van der Waals surface area contributed by atoms with Crippen molar-refractivity contribution in [3.8, 4) is 0 Å². The number of piperidine rings is 1. The van der Waals surface area contributed by atoms with E-state index in [1.165, 1.54) is 0 Å². The van der Waals surface area contributed by atoms with Crippen LogP contribution in [0.25, 0.3) is 0 Å². The molecule has 6 nitrogen and oxygen atoms in total. The number of likely N-dealkylation sites (tertiary alicyclic amines) is 1. The van der Waals surface area contributed by atoms with E-state index in [0.29, 0.717) is 6.54 Å². The molecule has 23 heavy (non-hydrogen) atoms. The van der Waals surface area contributed by atoms with Crippen LogP contribution in [0.1, 0.15) is 36.1 Å². The van der Waals surface area contributed by atoms with E-state index in [9.17, 15) is 4.79 Å². The summed E-state index contributed by atoms with van der Waals surface area (Å²) in [4.78, 5) is 22.7. The van der Waals surface area contributed by atoms with Gasteiger partial charge in [-0.15, -0.1) is 0 Å². The maximum Gasteiger partial charge on any atom is 0.244 e. The Morgan fingerprint density at radius 2 is 2.04 bits per heavy atom. The molecule has 2 heterocycles. The van der Waals surface area contributed by atoms with Crippen molar-refractivity contribution in [2.24, 2.45) is 5.73 Å². The Kier molecular flexibility index (Phi) is 4.52. The molecular weight excluding hydrogens is 290 g/mol. The first-order valence-electron chi connectivity index (χ1n) is 7.83. The molecule has 1 aromatic heterocycles. The van der Waals surface area contributed by atoms with Crippen molar-refractivity contribution in [3.63, 3.8) is 0 Å². The summed E-state index contributed by atoms with van der Waals surface area (Å²) in [5, 5.41) is 0. The van der Waals surface area contributed by atoms with Gasteiger partial charge in [0.1, 0.15) is 6.04 Å². The lowest BCUT2D eigenvalue weighted by molar-refractivity contribution is -0.134. The van der Waals surface area contributed by atoms with Gasteiger partial charge in [-0.3, -0.25) is 4.79 Å². The van der Waals surface area contributed by atoms with E-state index in [1.807, 2.05) is 41.3 Å². The molecule has 1 aromatic carbocycles. The van der Waals surface area contributed by atoms with Gasteiger partial charge < -0.3 is 16.4 Å². The predicted octanol–water partition coefficient (Wildman–Crippen LogP) is 1.46. The first kappa shape index (κ1) is 15.4. The minimum atomic E-state index is -0.620. The average molecular weight is 311 g/mol. The van der Waals surface area contributed by atoms with Crippen molar-refractivity contribution in [2.75, 3.05) is 18.8 Å². The van der Waals surface area contributed by atoms with Crippen LogP contribution in [0, 0.1) is 0 Å². The third kappa shape index (κ3) is 3.48. The summed E-state index contributed by atoms with van der Waals surface area (Å²) in [5.74, 6) is 0.413. The van der Waals surface area contributed by atoms with Crippen molar-refractivity contribution in [2.45, 2.75) is 24.8 Å². The van der Waals surface area contributed by atoms with Gasteiger partial charge in [0.05, 0.1) is 5.69 Å². The van der Waals surface area contributed by atoms with E-state index >= 15 is 0 Å². The lowest BCUT2D eigenvalue weighted by atomic mass is 9.93. The molecule has 1 aliphatic rings. The summed E-state index contributed by atoms with van der Waals surface area (Å²) in [6, 6.07) is 10.7. The molecule has 0 unspecified atom stereocenters. The van der Waals surface area contributed by atoms with Crippen LogP contribution < -0.4 is 11.5 Å². The van der Waals surface area contributed by atoms with E-state index in [4.69, 9.17) is 11.5 Å². The van der Waals surface area contributed by atoms with Crippen molar-refractivity contribution in [1.29, 1.82) is 0 Å². The molecule has 4 N–H and O–H groups in total. The van der Waals surface area contributed by atoms with E-state index in [2.05, 4.69) is 9.97 Å². The third-order valence-electron chi connectivity index (χ3n) is 4.27. The molecule has 0 aliphatic carbocycles. The maximum atomic E-state index is 12.7. The standard InChI is InChI=1S/C17H21N5O/c18-15(12-5-2-1-3-6-12)16(23)22-10-4-7-13(11-22)14-8-9-20-17(19)21-14/h1-3,5-6,8-9,13,15H,4,7,10-11,18H2,(H2,19,20,21)/t13-,15-/m0/s1. The number of nitrogens with zero attached hydrogens (tertiary/aromatic N) is 3. The van der Waals surface area contributed by atoms with Crippen molar-refractivity contribution in [1.82, 2.24) is 14.9 Å². The van der Waals surface area contributed by atoms with E-state index in [0.717, 1.165) is 30.6 Å². The highest BCUT2D eigenvalue weighted by Crippen LogP contribution is 2.27. The summed E-state index contributed by atoms with van der Waals surface area (Å²) >= 11 is 0. The quantitative estimate of drug-likeness (QED) is 0.894. The Hall–Kier alpha value is -2.47. The molecule has 1 fully saturated rings. The van der Waals surface area contributed by atoms with Crippen molar-refractivity contribution < 1.29 is 4.79 Å². The van der Waals surface area contributed by atoms with Crippen LogP contribution in [-0.2, 0) is 4.79 Å². The van der Waals surface area contributed by atoms with Crippen LogP contribution in [0.5, 0.6) is 0 Å². The highest BCUT2D eigenvalue weighted by atomic mass is 16.2. The van der Waals surface area contributed by atoms with Crippen LogP contribution in [0.4, 0.5) is 5.95 Å². The second kappa shape index (κ2) is 6.75. The smallest absolute Gasteiger partial charge is 0.244 e. The average Bonchev–Trinajstić information content (AvgIpc) is 2.61. The van der Waals surface area contributed by atoms with Gasteiger partial charge in [-0.05, 0) is 24.5 Å². The summed E-state index contributed by atoms with van der Waals surface area (Å²) in [6.07, 6.45) is 3.58. The van der Waals surface area contributed by atoms with Crippen LogP contribution in [0.2, 0.25) is 0 Å². The number of nitrogens with two attached hydrogens (primary N) is 2. The molecule has 1 amide bonds. The molecule has 0 spiro atoms. The Labute approximate surface area is 135 Å². The third-order valence-corrected chi connectivity index (χ3v) is 4.27. The Balaban J connectivity index is 1.72.